The first kappa shape index (κ1) is 19.0. The average Bonchev–Trinajstić information content (AvgIpc) is 3.06. The van der Waals surface area contributed by atoms with E-state index in [9.17, 15) is 18.0 Å². The van der Waals surface area contributed by atoms with E-state index >= 15 is 0 Å². The summed E-state index contributed by atoms with van der Waals surface area (Å²) in [6.45, 7) is 2.68. The molecule has 0 atom stereocenters. The van der Waals surface area contributed by atoms with Crippen LogP contribution in [0.15, 0.2) is 28.8 Å². The number of para-hydroxylation sites is 1. The zero-order chi connectivity index (χ0) is 19.4. The number of ether oxygens (including phenoxy) is 1. The minimum absolute atomic E-state index is 0.0616. The number of aryl methyl sites for hydroxylation is 1. The largest absolute Gasteiger partial charge is 0.573 e. The van der Waals surface area contributed by atoms with Crippen molar-refractivity contribution in [1.29, 1.82) is 0 Å². The van der Waals surface area contributed by atoms with Crippen LogP contribution in [0.1, 0.15) is 36.0 Å². The summed E-state index contributed by atoms with van der Waals surface area (Å²) in [6.07, 6.45) is -3.42. The van der Waals surface area contributed by atoms with Crippen LogP contribution in [0.3, 0.4) is 0 Å². The number of carbonyl (C=O) groups excluding carboxylic acids is 1. The number of hydrogen-bond acceptors (Lipinski definition) is 5. The molecule has 10 heteroatoms. The zero-order valence-electron chi connectivity index (χ0n) is 14.6. The molecule has 0 unspecified atom stereocenters. The number of nitrogens with zero attached hydrogens (tertiary/aromatic N) is 3. The summed E-state index contributed by atoms with van der Waals surface area (Å²) >= 11 is 0. The highest BCUT2D eigenvalue weighted by Crippen LogP contribution is 2.28. The molecule has 3 rings (SSSR count). The van der Waals surface area contributed by atoms with Crippen molar-refractivity contribution in [3.05, 3.63) is 41.5 Å². The molecule has 0 bridgehead atoms. The highest BCUT2D eigenvalue weighted by molar-refractivity contribution is 5.74. The van der Waals surface area contributed by atoms with Gasteiger partial charge in [-0.15, -0.1) is 13.2 Å². The highest BCUT2D eigenvalue weighted by Gasteiger charge is 2.32. The molecule has 2 aromatic rings. The third kappa shape index (κ3) is 5.11. The predicted octanol–water partition coefficient (Wildman–Crippen LogP) is 3.37. The molecule has 1 fully saturated rings. The first-order chi connectivity index (χ1) is 12.8. The number of carbonyl (C=O) groups is 1. The fourth-order valence-electron chi connectivity index (χ4n) is 2.97. The minimum Gasteiger partial charge on any atom is -0.405 e. The summed E-state index contributed by atoms with van der Waals surface area (Å²) < 4.78 is 46.5. The molecule has 2 amide bonds. The molecule has 0 spiro atoms. The topological polar surface area (TPSA) is 80.5 Å². The lowest BCUT2D eigenvalue weighted by Gasteiger charge is -2.30. The smallest absolute Gasteiger partial charge is 0.405 e. The normalized spacial score (nSPS) is 15.6. The molecule has 7 nitrogen and oxygen atoms in total. The third-order valence-electron chi connectivity index (χ3n) is 4.30. The van der Waals surface area contributed by atoms with Gasteiger partial charge in [-0.05, 0) is 25.8 Å². The van der Waals surface area contributed by atoms with Gasteiger partial charge in [0, 0.05) is 31.1 Å². The summed E-state index contributed by atoms with van der Waals surface area (Å²) in [5.74, 6) is 0.933. The number of nitrogens with one attached hydrogen (secondary N) is 1. The van der Waals surface area contributed by atoms with Crippen LogP contribution in [0, 0.1) is 6.92 Å². The van der Waals surface area contributed by atoms with E-state index in [0.717, 1.165) is 0 Å². The van der Waals surface area contributed by atoms with Crippen molar-refractivity contribution < 1.29 is 27.2 Å². The first-order valence-corrected chi connectivity index (χ1v) is 8.48. The number of likely N-dealkylation sites (tertiary alicyclic amines) is 1. The second kappa shape index (κ2) is 7.85. The van der Waals surface area contributed by atoms with E-state index in [-0.39, 0.29) is 29.8 Å². The number of rotatable bonds is 4. The summed E-state index contributed by atoms with van der Waals surface area (Å²) in [4.78, 5) is 18.2. The molecule has 0 aliphatic carbocycles. The van der Waals surface area contributed by atoms with E-state index in [1.165, 1.54) is 18.2 Å². The van der Waals surface area contributed by atoms with Gasteiger partial charge in [-0.2, -0.15) is 4.98 Å². The van der Waals surface area contributed by atoms with Gasteiger partial charge in [-0.1, -0.05) is 23.4 Å². The Hall–Kier alpha value is -2.78. The number of hydrogen-bond donors (Lipinski definition) is 1. The second-order valence-corrected chi connectivity index (χ2v) is 6.26. The van der Waals surface area contributed by atoms with Gasteiger partial charge in [0.25, 0.3) is 0 Å². The predicted molar refractivity (Wildman–Crippen MR) is 87.9 cm³/mol. The molecule has 1 saturated heterocycles. The van der Waals surface area contributed by atoms with Crippen molar-refractivity contribution >= 4 is 6.03 Å². The van der Waals surface area contributed by atoms with Crippen molar-refractivity contribution in [2.24, 2.45) is 0 Å². The monoisotopic (exact) mass is 384 g/mol. The van der Waals surface area contributed by atoms with Gasteiger partial charge in [-0.25, -0.2) is 4.79 Å². The van der Waals surface area contributed by atoms with E-state index in [1.807, 2.05) is 0 Å². The third-order valence-corrected chi connectivity index (χ3v) is 4.30. The Morgan fingerprint density at radius 1 is 1.33 bits per heavy atom. The SMILES string of the molecule is Cc1noc(C2CCN(C(=O)NCc3ccccc3OC(F)(F)F)CC2)n1. The lowest BCUT2D eigenvalue weighted by Crippen LogP contribution is -2.43. The van der Waals surface area contributed by atoms with Crippen LogP contribution < -0.4 is 10.1 Å². The highest BCUT2D eigenvalue weighted by atomic mass is 19.4. The molecule has 1 aliphatic rings. The Morgan fingerprint density at radius 3 is 2.67 bits per heavy atom. The lowest BCUT2D eigenvalue weighted by molar-refractivity contribution is -0.274. The molecular formula is C17H19F3N4O3. The summed E-state index contributed by atoms with van der Waals surface area (Å²) in [7, 11) is 0. The Morgan fingerprint density at radius 2 is 2.04 bits per heavy atom. The van der Waals surface area contributed by atoms with Crippen LogP contribution in [0.25, 0.3) is 0 Å². The Bertz CT molecular complexity index is 786. The van der Waals surface area contributed by atoms with E-state index in [2.05, 4.69) is 20.2 Å². The van der Waals surface area contributed by atoms with Crippen molar-refractivity contribution in [3.63, 3.8) is 0 Å². The molecule has 27 heavy (non-hydrogen) atoms. The lowest BCUT2D eigenvalue weighted by atomic mass is 9.97. The van der Waals surface area contributed by atoms with Gasteiger partial charge in [0.1, 0.15) is 5.75 Å². The van der Waals surface area contributed by atoms with Gasteiger partial charge >= 0.3 is 12.4 Å². The summed E-state index contributed by atoms with van der Waals surface area (Å²) in [5, 5.41) is 6.41. The number of benzene rings is 1. The average molecular weight is 384 g/mol. The molecule has 1 aromatic heterocycles. The van der Waals surface area contributed by atoms with Gasteiger partial charge in [0.05, 0.1) is 0 Å². The number of aromatic nitrogens is 2. The second-order valence-electron chi connectivity index (χ2n) is 6.26. The summed E-state index contributed by atoms with van der Waals surface area (Å²) in [5.41, 5.74) is 0.249. The van der Waals surface area contributed by atoms with E-state index in [1.54, 1.807) is 17.9 Å². The van der Waals surface area contributed by atoms with Crippen LogP contribution in [-0.2, 0) is 6.54 Å². The fraction of sp³-hybridized carbons (Fsp3) is 0.471. The Kier molecular flexibility index (Phi) is 5.52. The molecule has 0 saturated carbocycles. The van der Waals surface area contributed by atoms with Crippen molar-refractivity contribution in [2.75, 3.05) is 13.1 Å². The van der Waals surface area contributed by atoms with E-state index in [4.69, 9.17) is 4.52 Å². The number of piperidine rings is 1. The molecular weight excluding hydrogens is 365 g/mol. The van der Waals surface area contributed by atoms with Gasteiger partial charge in [-0.3, -0.25) is 0 Å². The first-order valence-electron chi connectivity index (χ1n) is 8.48. The van der Waals surface area contributed by atoms with Crippen molar-refractivity contribution in [1.82, 2.24) is 20.4 Å². The van der Waals surface area contributed by atoms with Crippen LogP contribution >= 0.6 is 0 Å². The zero-order valence-corrected chi connectivity index (χ0v) is 14.6. The number of urea groups is 1. The number of amides is 2. The van der Waals surface area contributed by atoms with Crippen molar-refractivity contribution in [2.45, 2.75) is 38.6 Å². The summed E-state index contributed by atoms with van der Waals surface area (Å²) in [6, 6.07) is 5.38. The fourth-order valence-corrected chi connectivity index (χ4v) is 2.97. The molecule has 1 N–H and O–H groups in total. The van der Waals surface area contributed by atoms with Crippen molar-refractivity contribution in [3.8, 4) is 5.75 Å². The van der Waals surface area contributed by atoms with Gasteiger partial charge in [0.15, 0.2) is 5.82 Å². The number of alkyl halides is 3. The van der Waals surface area contributed by atoms with E-state index < -0.39 is 6.36 Å². The number of halogens is 3. The molecule has 1 aliphatic heterocycles. The van der Waals surface area contributed by atoms with Crippen LogP contribution in [0.4, 0.5) is 18.0 Å². The Balaban J connectivity index is 1.52. The van der Waals surface area contributed by atoms with Crippen LogP contribution in [0.5, 0.6) is 5.75 Å². The van der Waals surface area contributed by atoms with Crippen LogP contribution in [-0.4, -0.2) is 40.5 Å². The molecule has 146 valence electrons. The Labute approximate surface area is 153 Å². The maximum atomic E-state index is 12.5. The standard InChI is InChI=1S/C17H19F3N4O3/c1-11-22-15(27-23-11)12-6-8-24(9-7-12)16(25)21-10-13-4-2-3-5-14(13)26-17(18,19)20/h2-5,12H,6-10H2,1H3,(H,21,25). The molecule has 1 aromatic carbocycles. The maximum absolute atomic E-state index is 12.5. The van der Waals surface area contributed by atoms with Crippen LogP contribution in [0.2, 0.25) is 0 Å². The van der Waals surface area contributed by atoms with Gasteiger partial charge < -0.3 is 19.5 Å². The minimum atomic E-state index is -4.78. The molecule has 2 heterocycles. The van der Waals surface area contributed by atoms with Gasteiger partial charge in [0.2, 0.25) is 5.89 Å². The van der Waals surface area contributed by atoms with E-state index in [0.29, 0.717) is 37.6 Å². The molecule has 0 radical (unpaired) electrons. The quantitative estimate of drug-likeness (QED) is 0.874. The maximum Gasteiger partial charge on any atom is 0.573 e.